The third kappa shape index (κ3) is 3.70. The minimum Gasteiger partial charge on any atom is -0.508 e. The molecule has 0 spiro atoms. The van der Waals surface area contributed by atoms with E-state index in [9.17, 15) is 5.11 Å². The lowest BCUT2D eigenvalue weighted by Gasteiger charge is -2.52. The lowest BCUT2D eigenvalue weighted by Crippen LogP contribution is -2.55. The second-order valence-corrected chi connectivity index (χ2v) is 8.83. The van der Waals surface area contributed by atoms with Crippen LogP contribution in [0, 0.1) is 11.8 Å². The number of phenols is 1. The molecule has 1 aromatic heterocycles. The van der Waals surface area contributed by atoms with E-state index in [-0.39, 0.29) is 11.9 Å². The fraction of sp³-hybridized carbons (Fsp3) is 0.423. The molecule has 2 aromatic carbocycles. The van der Waals surface area contributed by atoms with E-state index in [2.05, 4.69) is 47.1 Å². The summed E-state index contributed by atoms with van der Waals surface area (Å²) >= 11 is 0. The van der Waals surface area contributed by atoms with E-state index >= 15 is 0 Å². The largest absolute Gasteiger partial charge is 0.508 e. The van der Waals surface area contributed by atoms with Gasteiger partial charge in [0.05, 0.1) is 18.2 Å². The Kier molecular flexibility index (Phi) is 5.45. The molecular weight excluding hydrogens is 372 g/mol. The Hall–Kier alpha value is -2.43. The van der Waals surface area contributed by atoms with Crippen LogP contribution in [0.15, 0.2) is 60.8 Å². The van der Waals surface area contributed by atoms with Crippen LogP contribution in [-0.2, 0) is 11.3 Å². The summed E-state index contributed by atoms with van der Waals surface area (Å²) in [7, 11) is 0. The normalized spacial score (nSPS) is 26.7. The van der Waals surface area contributed by atoms with Crippen molar-refractivity contribution in [2.45, 2.75) is 44.9 Å². The van der Waals surface area contributed by atoms with Gasteiger partial charge in [0, 0.05) is 24.2 Å². The van der Waals surface area contributed by atoms with Crippen molar-refractivity contribution in [2.75, 3.05) is 13.1 Å². The van der Waals surface area contributed by atoms with Gasteiger partial charge in [-0.25, -0.2) is 0 Å². The zero-order chi connectivity index (χ0) is 20.5. The van der Waals surface area contributed by atoms with E-state index in [4.69, 9.17) is 4.74 Å². The van der Waals surface area contributed by atoms with Crippen molar-refractivity contribution in [3.05, 3.63) is 71.9 Å². The number of pyridine rings is 1. The van der Waals surface area contributed by atoms with Gasteiger partial charge in [-0.2, -0.15) is 0 Å². The molecule has 1 N–H and O–H groups in total. The first-order valence-corrected chi connectivity index (χ1v) is 11.2. The Balaban J connectivity index is 1.52. The van der Waals surface area contributed by atoms with E-state index in [1.807, 2.05) is 24.4 Å². The molecule has 0 saturated carbocycles. The molecule has 4 nitrogen and oxygen atoms in total. The van der Waals surface area contributed by atoms with Crippen molar-refractivity contribution < 1.29 is 9.84 Å². The maximum atomic E-state index is 10.1. The number of aromatic nitrogens is 1. The molecule has 4 heteroatoms. The van der Waals surface area contributed by atoms with E-state index in [0.29, 0.717) is 12.6 Å². The molecule has 0 aliphatic carbocycles. The summed E-state index contributed by atoms with van der Waals surface area (Å²) in [5.41, 5.74) is 3.23. The van der Waals surface area contributed by atoms with Crippen molar-refractivity contribution in [3.63, 3.8) is 0 Å². The van der Waals surface area contributed by atoms with Gasteiger partial charge in [-0.3, -0.25) is 9.88 Å². The van der Waals surface area contributed by atoms with Crippen LogP contribution in [-0.4, -0.2) is 34.1 Å². The van der Waals surface area contributed by atoms with E-state index < -0.39 is 0 Å². The van der Waals surface area contributed by atoms with Gasteiger partial charge in [-0.15, -0.1) is 0 Å². The second kappa shape index (κ2) is 8.37. The molecule has 3 aliphatic heterocycles. The zero-order valence-electron chi connectivity index (χ0n) is 17.6. The smallest absolute Gasteiger partial charge is 0.116 e. The van der Waals surface area contributed by atoms with Crippen LogP contribution in [0.3, 0.4) is 0 Å². The van der Waals surface area contributed by atoms with Crippen LogP contribution in [0.1, 0.15) is 43.4 Å². The first kappa shape index (κ1) is 19.5. The van der Waals surface area contributed by atoms with Crippen molar-refractivity contribution in [1.29, 1.82) is 0 Å². The molecule has 3 fully saturated rings. The summed E-state index contributed by atoms with van der Waals surface area (Å²) in [6.07, 6.45) is 5.57. The lowest BCUT2D eigenvalue weighted by atomic mass is 9.72. The Bertz CT molecular complexity index is 1010. The van der Waals surface area contributed by atoms with Gasteiger partial charge in [0.25, 0.3) is 0 Å². The highest BCUT2D eigenvalue weighted by atomic mass is 16.5. The van der Waals surface area contributed by atoms with Gasteiger partial charge in [-0.1, -0.05) is 43.7 Å². The van der Waals surface area contributed by atoms with Gasteiger partial charge in [0.2, 0.25) is 0 Å². The molecule has 2 bridgehead atoms. The predicted molar refractivity (Wildman–Crippen MR) is 119 cm³/mol. The van der Waals surface area contributed by atoms with Gasteiger partial charge < -0.3 is 9.84 Å². The SMILES string of the molecule is CC[C@H]1CN2CC[C@H]1C[C@H]2[C@H](OCc1ccccc1)c1ccnc2ccc(O)cc12. The molecule has 156 valence electrons. The Labute approximate surface area is 178 Å². The van der Waals surface area contributed by atoms with E-state index in [0.717, 1.165) is 34.8 Å². The fourth-order valence-electron chi connectivity index (χ4n) is 5.53. The van der Waals surface area contributed by atoms with Crippen LogP contribution in [0.25, 0.3) is 10.9 Å². The minimum atomic E-state index is -0.0434. The molecule has 6 rings (SSSR count). The predicted octanol–water partition coefficient (Wildman–Crippen LogP) is 5.32. The highest BCUT2D eigenvalue weighted by Crippen LogP contribution is 2.44. The van der Waals surface area contributed by atoms with Crippen molar-refractivity contribution in [3.8, 4) is 5.75 Å². The highest BCUT2D eigenvalue weighted by Gasteiger charge is 2.43. The topological polar surface area (TPSA) is 45.6 Å². The van der Waals surface area contributed by atoms with Crippen molar-refractivity contribution >= 4 is 10.9 Å². The van der Waals surface area contributed by atoms with Crippen LogP contribution >= 0.6 is 0 Å². The number of piperidine rings is 3. The Morgan fingerprint density at radius 1 is 1.17 bits per heavy atom. The molecule has 1 unspecified atom stereocenters. The van der Waals surface area contributed by atoms with Crippen LogP contribution in [0.4, 0.5) is 0 Å². The van der Waals surface area contributed by atoms with Gasteiger partial charge in [0.1, 0.15) is 5.75 Å². The Morgan fingerprint density at radius 2 is 2.03 bits per heavy atom. The first-order chi connectivity index (χ1) is 14.7. The third-order valence-electron chi connectivity index (χ3n) is 7.15. The summed E-state index contributed by atoms with van der Waals surface area (Å²) in [6, 6.07) is 18.3. The maximum absolute atomic E-state index is 10.1. The van der Waals surface area contributed by atoms with Crippen molar-refractivity contribution in [1.82, 2.24) is 9.88 Å². The first-order valence-electron chi connectivity index (χ1n) is 11.2. The van der Waals surface area contributed by atoms with Crippen molar-refractivity contribution in [2.24, 2.45) is 11.8 Å². The molecule has 3 aliphatic rings. The average molecular weight is 403 g/mol. The number of fused-ring (bicyclic) bond motifs is 4. The van der Waals surface area contributed by atoms with E-state index in [1.54, 1.807) is 6.07 Å². The summed E-state index contributed by atoms with van der Waals surface area (Å²) in [4.78, 5) is 7.17. The zero-order valence-corrected chi connectivity index (χ0v) is 17.6. The highest BCUT2D eigenvalue weighted by molar-refractivity contribution is 5.83. The maximum Gasteiger partial charge on any atom is 0.116 e. The number of nitrogens with zero attached hydrogens (tertiary/aromatic N) is 2. The standard InChI is InChI=1S/C26H30N2O2/c1-2-19-16-28-13-11-20(19)14-25(28)26(30-17-18-6-4-3-5-7-18)22-10-12-27-24-9-8-21(29)15-23(22)24/h3-10,12,15,19-20,25-26,29H,2,11,13-14,16-17H2,1H3/t19-,20-,25-,26+/m0/s1. The average Bonchev–Trinajstić information content (AvgIpc) is 2.80. The molecule has 3 aromatic rings. The molecule has 0 amide bonds. The van der Waals surface area contributed by atoms with Gasteiger partial charge in [0.15, 0.2) is 0 Å². The van der Waals surface area contributed by atoms with Gasteiger partial charge >= 0.3 is 0 Å². The molecule has 3 saturated heterocycles. The van der Waals surface area contributed by atoms with Gasteiger partial charge in [-0.05, 0) is 66.6 Å². The molecule has 30 heavy (non-hydrogen) atoms. The monoisotopic (exact) mass is 402 g/mol. The number of rotatable bonds is 6. The number of hydrogen-bond donors (Lipinski definition) is 1. The number of benzene rings is 2. The van der Waals surface area contributed by atoms with Crippen LogP contribution in [0.5, 0.6) is 5.75 Å². The molecule has 4 heterocycles. The summed E-state index contributed by atoms with van der Waals surface area (Å²) < 4.78 is 6.67. The lowest BCUT2D eigenvalue weighted by molar-refractivity contribution is -0.0879. The summed E-state index contributed by atoms with van der Waals surface area (Å²) in [6.45, 7) is 5.24. The number of hydrogen-bond acceptors (Lipinski definition) is 4. The van der Waals surface area contributed by atoms with Crippen LogP contribution in [0.2, 0.25) is 0 Å². The molecule has 5 atom stereocenters. The summed E-state index contributed by atoms with van der Waals surface area (Å²) in [5, 5.41) is 11.1. The molecular formula is C26H30N2O2. The number of ether oxygens (including phenoxy) is 1. The number of phenolic OH excluding ortho intramolecular Hbond substituents is 1. The molecule has 0 radical (unpaired) electrons. The third-order valence-corrected chi connectivity index (χ3v) is 7.15. The van der Waals surface area contributed by atoms with E-state index in [1.165, 1.54) is 31.4 Å². The quantitative estimate of drug-likeness (QED) is 0.606. The fourth-order valence-corrected chi connectivity index (χ4v) is 5.53. The Morgan fingerprint density at radius 3 is 2.80 bits per heavy atom. The summed E-state index contributed by atoms with van der Waals surface area (Å²) in [5.74, 6) is 1.87. The second-order valence-electron chi connectivity index (χ2n) is 8.83. The van der Waals surface area contributed by atoms with Crippen LogP contribution < -0.4 is 0 Å². The minimum absolute atomic E-state index is 0.0434. The number of aromatic hydroxyl groups is 1.